The van der Waals surface area contributed by atoms with Gasteiger partial charge in [0.15, 0.2) is 9.04 Å². The second kappa shape index (κ2) is 6.12. The van der Waals surface area contributed by atoms with Gasteiger partial charge >= 0.3 is 5.97 Å². The minimum Gasteiger partial charge on any atom is -0.460 e. The summed E-state index contributed by atoms with van der Waals surface area (Å²) in [6, 6.07) is 0. The summed E-state index contributed by atoms with van der Waals surface area (Å²) in [6.07, 6.45) is 1.15. The Balaban J connectivity index is 3.14. The van der Waals surface area contributed by atoms with Gasteiger partial charge in [-0.25, -0.2) is 4.79 Å². The summed E-state index contributed by atoms with van der Waals surface area (Å²) < 4.78 is 9.95. The van der Waals surface area contributed by atoms with Crippen LogP contribution >= 0.6 is 0 Å². The van der Waals surface area contributed by atoms with Crippen LogP contribution in [-0.4, -0.2) is 28.2 Å². The molecule has 0 saturated heterocycles. The molecular weight excluding hydrogens is 160 g/mol. The Kier molecular flexibility index (Phi) is 5.78. The Morgan fingerprint density at radius 2 is 2.18 bits per heavy atom. The third-order valence-electron chi connectivity index (χ3n) is 0.946. The summed E-state index contributed by atoms with van der Waals surface area (Å²) in [4.78, 5) is 10.5. The molecule has 4 heteroatoms. The molecule has 0 aromatic heterocycles. The molecule has 0 spiro atoms. The van der Waals surface area contributed by atoms with Crippen molar-refractivity contribution in [1.29, 1.82) is 0 Å². The first-order valence-corrected chi connectivity index (χ1v) is 6.35. The first kappa shape index (κ1) is 10.4. The van der Waals surface area contributed by atoms with Gasteiger partial charge in [0.25, 0.3) is 0 Å². The van der Waals surface area contributed by atoms with E-state index in [4.69, 9.17) is 4.43 Å². The summed E-state index contributed by atoms with van der Waals surface area (Å²) in [5, 5.41) is 0. The van der Waals surface area contributed by atoms with Crippen LogP contribution in [0.25, 0.3) is 0 Å². The van der Waals surface area contributed by atoms with Crippen LogP contribution in [0.5, 0.6) is 0 Å². The summed E-state index contributed by atoms with van der Waals surface area (Å²) in [7, 11) is -0.960. The monoisotopic (exact) mass is 174 g/mol. The van der Waals surface area contributed by atoms with Crippen molar-refractivity contribution in [3.05, 3.63) is 12.7 Å². The fourth-order valence-corrected chi connectivity index (χ4v) is 1.05. The highest BCUT2D eigenvalue weighted by Gasteiger charge is 1.97. The topological polar surface area (TPSA) is 35.5 Å². The van der Waals surface area contributed by atoms with Crippen LogP contribution in [0.2, 0.25) is 13.1 Å². The SMILES string of the molecule is C=CC(=O)OCCO[SiH](C)C. The molecule has 11 heavy (non-hydrogen) atoms. The molecular formula is C7H14O3Si. The van der Waals surface area contributed by atoms with Crippen LogP contribution in [-0.2, 0) is 14.0 Å². The molecule has 0 amide bonds. The maximum Gasteiger partial charge on any atom is 0.330 e. The summed E-state index contributed by atoms with van der Waals surface area (Å²) >= 11 is 0. The number of hydrogen-bond acceptors (Lipinski definition) is 3. The molecule has 0 heterocycles. The van der Waals surface area contributed by atoms with Crippen LogP contribution < -0.4 is 0 Å². The van der Waals surface area contributed by atoms with Gasteiger partial charge in [0.2, 0.25) is 0 Å². The van der Waals surface area contributed by atoms with E-state index in [1.165, 1.54) is 0 Å². The van der Waals surface area contributed by atoms with Crippen molar-refractivity contribution in [2.75, 3.05) is 13.2 Å². The molecule has 0 unspecified atom stereocenters. The number of ether oxygens (including phenoxy) is 1. The molecule has 0 aliphatic carbocycles. The van der Waals surface area contributed by atoms with Gasteiger partial charge in [0.1, 0.15) is 6.61 Å². The predicted octanol–water partition coefficient (Wildman–Crippen LogP) is 0.716. The zero-order valence-corrected chi connectivity index (χ0v) is 8.16. The van der Waals surface area contributed by atoms with Gasteiger partial charge in [0.05, 0.1) is 6.61 Å². The van der Waals surface area contributed by atoms with Crippen LogP contribution in [0.4, 0.5) is 0 Å². The molecule has 0 fully saturated rings. The minimum absolute atomic E-state index is 0.329. The Hall–Kier alpha value is -0.613. The van der Waals surface area contributed by atoms with Gasteiger partial charge in [-0.3, -0.25) is 0 Å². The Morgan fingerprint density at radius 3 is 2.64 bits per heavy atom. The third-order valence-corrected chi connectivity index (χ3v) is 1.85. The lowest BCUT2D eigenvalue weighted by molar-refractivity contribution is -0.138. The highest BCUT2D eigenvalue weighted by molar-refractivity contribution is 6.48. The fraction of sp³-hybridized carbons (Fsp3) is 0.571. The first-order chi connectivity index (χ1) is 5.16. The van der Waals surface area contributed by atoms with Gasteiger partial charge in [-0.2, -0.15) is 0 Å². The second-order valence-electron chi connectivity index (χ2n) is 2.29. The van der Waals surface area contributed by atoms with Crippen LogP contribution in [0.1, 0.15) is 0 Å². The lowest BCUT2D eigenvalue weighted by Gasteiger charge is -2.05. The average Bonchev–Trinajstić information content (AvgIpc) is 1.97. The number of carbonyl (C=O) groups is 1. The number of carbonyl (C=O) groups excluding carboxylic acids is 1. The number of esters is 1. The van der Waals surface area contributed by atoms with Crippen molar-refractivity contribution in [2.24, 2.45) is 0 Å². The largest absolute Gasteiger partial charge is 0.460 e. The second-order valence-corrected chi connectivity index (χ2v) is 4.72. The van der Waals surface area contributed by atoms with Crippen molar-refractivity contribution < 1.29 is 14.0 Å². The summed E-state index contributed by atoms with van der Waals surface area (Å²) in [5.74, 6) is -0.390. The van der Waals surface area contributed by atoms with Crippen molar-refractivity contribution in [3.8, 4) is 0 Å². The maximum absolute atomic E-state index is 10.5. The van der Waals surface area contributed by atoms with Crippen molar-refractivity contribution in [2.45, 2.75) is 13.1 Å². The molecule has 64 valence electrons. The quantitative estimate of drug-likeness (QED) is 0.266. The zero-order valence-electron chi connectivity index (χ0n) is 7.00. The molecule has 0 aliphatic heterocycles. The molecule has 0 atom stereocenters. The van der Waals surface area contributed by atoms with E-state index in [0.29, 0.717) is 13.2 Å². The van der Waals surface area contributed by atoms with E-state index in [9.17, 15) is 4.79 Å². The predicted molar refractivity (Wildman–Crippen MR) is 46.0 cm³/mol. The van der Waals surface area contributed by atoms with Crippen molar-refractivity contribution >= 4 is 15.0 Å². The zero-order chi connectivity index (χ0) is 8.69. The van der Waals surface area contributed by atoms with Gasteiger partial charge in [-0.15, -0.1) is 0 Å². The Bertz CT molecular complexity index is 134. The van der Waals surface area contributed by atoms with Crippen LogP contribution in [0.15, 0.2) is 12.7 Å². The molecule has 0 saturated carbocycles. The maximum atomic E-state index is 10.5. The molecule has 0 rings (SSSR count). The summed E-state index contributed by atoms with van der Waals surface area (Å²) in [5.41, 5.74) is 0. The number of hydrogen-bond donors (Lipinski definition) is 0. The van der Waals surface area contributed by atoms with E-state index >= 15 is 0 Å². The van der Waals surface area contributed by atoms with E-state index < -0.39 is 9.04 Å². The molecule has 0 radical (unpaired) electrons. The van der Waals surface area contributed by atoms with Crippen LogP contribution in [0, 0.1) is 0 Å². The van der Waals surface area contributed by atoms with E-state index in [1.54, 1.807) is 0 Å². The van der Waals surface area contributed by atoms with E-state index in [1.807, 2.05) is 0 Å². The average molecular weight is 174 g/mol. The lowest BCUT2D eigenvalue weighted by Crippen LogP contribution is -2.14. The molecule has 0 aromatic rings. The third kappa shape index (κ3) is 7.28. The highest BCUT2D eigenvalue weighted by Crippen LogP contribution is 1.85. The lowest BCUT2D eigenvalue weighted by atomic mass is 10.6. The van der Waals surface area contributed by atoms with E-state index in [0.717, 1.165) is 6.08 Å². The standard InChI is InChI=1S/C7H14O3Si/c1-4-7(8)9-5-6-10-11(2)3/h4,11H,1,5-6H2,2-3H3. The van der Waals surface area contributed by atoms with Crippen molar-refractivity contribution in [3.63, 3.8) is 0 Å². The summed E-state index contributed by atoms with van der Waals surface area (Å²) in [6.45, 7) is 8.23. The molecule has 0 bridgehead atoms. The first-order valence-electron chi connectivity index (χ1n) is 3.57. The minimum atomic E-state index is -0.960. The van der Waals surface area contributed by atoms with Gasteiger partial charge in [-0.05, 0) is 13.1 Å². The van der Waals surface area contributed by atoms with Gasteiger partial charge in [0, 0.05) is 6.08 Å². The van der Waals surface area contributed by atoms with E-state index in [2.05, 4.69) is 24.4 Å². The highest BCUT2D eigenvalue weighted by atomic mass is 28.3. The van der Waals surface area contributed by atoms with Gasteiger partial charge < -0.3 is 9.16 Å². The normalized spacial score (nSPS) is 9.73. The molecule has 3 nitrogen and oxygen atoms in total. The molecule has 0 aliphatic rings. The van der Waals surface area contributed by atoms with Crippen LogP contribution in [0.3, 0.4) is 0 Å². The van der Waals surface area contributed by atoms with Crippen molar-refractivity contribution in [1.82, 2.24) is 0 Å². The fourth-order valence-electron chi connectivity index (χ4n) is 0.485. The molecule has 0 aromatic carbocycles. The number of rotatable bonds is 5. The van der Waals surface area contributed by atoms with Gasteiger partial charge in [-0.1, -0.05) is 6.58 Å². The molecule has 0 N–H and O–H groups in total. The Morgan fingerprint density at radius 1 is 1.55 bits per heavy atom. The smallest absolute Gasteiger partial charge is 0.330 e. The van der Waals surface area contributed by atoms with E-state index in [-0.39, 0.29) is 5.97 Å². The Labute approximate surface area is 68.7 Å².